The summed E-state index contributed by atoms with van der Waals surface area (Å²) in [5.41, 5.74) is -1.63. The highest BCUT2D eigenvalue weighted by atomic mass is 35.5. The normalized spacial score (nSPS) is 23.2. The molecule has 1 unspecified atom stereocenters. The van der Waals surface area contributed by atoms with Crippen molar-refractivity contribution >= 4 is 41.2 Å². The highest BCUT2D eigenvalue weighted by Gasteiger charge is 2.57. The minimum Gasteiger partial charge on any atom is -0.484 e. The van der Waals surface area contributed by atoms with Gasteiger partial charge in [-0.25, -0.2) is 13.6 Å². The van der Waals surface area contributed by atoms with Crippen LogP contribution in [0, 0.1) is 11.6 Å². The van der Waals surface area contributed by atoms with Gasteiger partial charge < -0.3 is 29.6 Å². The Kier molecular flexibility index (Phi) is 9.25. The third-order valence-corrected chi connectivity index (χ3v) is 7.72. The topological polar surface area (TPSA) is 112 Å². The second kappa shape index (κ2) is 12.5. The first-order chi connectivity index (χ1) is 19.0. The van der Waals surface area contributed by atoms with Crippen LogP contribution in [0.5, 0.6) is 11.5 Å². The van der Waals surface area contributed by atoms with Crippen LogP contribution < -0.4 is 20.1 Å². The number of amides is 2. The SMILES string of the molecule is CCOC(=O)OC1CC2(NC(=O)COc3ccc(Cl)c(F)c3)CCC1(NC(=O)COc1ccc(Cl)c(F)c1)CC2. The summed E-state index contributed by atoms with van der Waals surface area (Å²) >= 11 is 11.4. The number of carbonyl (C=O) groups excluding carboxylic acids is 3. The van der Waals surface area contributed by atoms with E-state index in [1.54, 1.807) is 6.92 Å². The maximum absolute atomic E-state index is 13.7. The zero-order valence-corrected chi connectivity index (χ0v) is 23.1. The molecule has 2 bridgehead atoms. The minimum absolute atomic E-state index is 0.0613. The largest absolute Gasteiger partial charge is 0.508 e. The minimum atomic E-state index is -0.914. The Bertz CT molecular complexity index is 1270. The molecule has 1 atom stereocenters. The van der Waals surface area contributed by atoms with E-state index >= 15 is 0 Å². The zero-order valence-electron chi connectivity index (χ0n) is 21.6. The van der Waals surface area contributed by atoms with Gasteiger partial charge in [0.25, 0.3) is 11.8 Å². The van der Waals surface area contributed by atoms with Crippen LogP contribution in [-0.4, -0.2) is 55.0 Å². The maximum atomic E-state index is 13.7. The van der Waals surface area contributed by atoms with Gasteiger partial charge in [0, 0.05) is 24.1 Å². The Morgan fingerprint density at radius 3 is 1.90 bits per heavy atom. The van der Waals surface area contributed by atoms with E-state index in [1.165, 1.54) is 24.3 Å². The molecule has 0 aromatic heterocycles. The van der Waals surface area contributed by atoms with E-state index in [2.05, 4.69) is 10.6 Å². The molecule has 0 aliphatic heterocycles. The second-order valence-corrected chi connectivity index (χ2v) is 10.6. The lowest BCUT2D eigenvalue weighted by Crippen LogP contribution is -2.71. The number of nitrogens with one attached hydrogen (secondary N) is 2. The molecule has 2 N–H and O–H groups in total. The monoisotopic (exact) mass is 600 g/mol. The van der Waals surface area contributed by atoms with E-state index in [9.17, 15) is 23.2 Å². The fraction of sp³-hybridized carbons (Fsp3) is 0.444. The number of carbonyl (C=O) groups is 3. The molecule has 3 saturated carbocycles. The molecular weight excluding hydrogens is 573 g/mol. The summed E-state index contributed by atoms with van der Waals surface area (Å²) in [5.74, 6) is -1.99. The lowest BCUT2D eigenvalue weighted by Gasteiger charge is -2.56. The second-order valence-electron chi connectivity index (χ2n) is 9.76. The predicted octanol–water partition coefficient (Wildman–Crippen LogP) is 4.96. The molecule has 3 aliphatic carbocycles. The molecule has 2 amide bonds. The van der Waals surface area contributed by atoms with Crippen LogP contribution in [0.4, 0.5) is 13.6 Å². The molecule has 0 spiro atoms. The highest BCUT2D eigenvalue weighted by Crippen LogP contribution is 2.48. The Labute approximate surface area is 239 Å². The Balaban J connectivity index is 1.39. The number of ether oxygens (including phenoxy) is 4. The number of rotatable bonds is 10. The summed E-state index contributed by atoms with van der Waals surface area (Å²) in [7, 11) is 0. The first-order valence-corrected chi connectivity index (χ1v) is 13.4. The first kappa shape index (κ1) is 29.7. The van der Waals surface area contributed by atoms with Crippen molar-refractivity contribution in [1.29, 1.82) is 0 Å². The fourth-order valence-electron chi connectivity index (χ4n) is 5.13. The molecule has 9 nitrogen and oxygen atoms in total. The van der Waals surface area contributed by atoms with E-state index < -0.39 is 53.4 Å². The van der Waals surface area contributed by atoms with Crippen molar-refractivity contribution in [3.63, 3.8) is 0 Å². The molecule has 0 heterocycles. The Morgan fingerprint density at radius 2 is 1.40 bits per heavy atom. The van der Waals surface area contributed by atoms with Crippen LogP contribution in [0.3, 0.4) is 0 Å². The fourth-order valence-corrected chi connectivity index (χ4v) is 5.37. The smallest absolute Gasteiger partial charge is 0.484 e. The van der Waals surface area contributed by atoms with Gasteiger partial charge in [-0.15, -0.1) is 0 Å². The quantitative estimate of drug-likeness (QED) is 0.371. The molecule has 2 aromatic carbocycles. The number of halogens is 4. The predicted molar refractivity (Wildman–Crippen MR) is 141 cm³/mol. The van der Waals surface area contributed by atoms with Gasteiger partial charge in [0.2, 0.25) is 0 Å². The van der Waals surface area contributed by atoms with Crippen LogP contribution >= 0.6 is 23.2 Å². The molecule has 13 heteroatoms. The third kappa shape index (κ3) is 7.06. The first-order valence-electron chi connectivity index (χ1n) is 12.6. The molecule has 0 saturated heterocycles. The number of hydrogen-bond donors (Lipinski definition) is 2. The van der Waals surface area contributed by atoms with Gasteiger partial charge in [-0.3, -0.25) is 9.59 Å². The van der Waals surface area contributed by atoms with Crippen LogP contribution in [0.2, 0.25) is 10.0 Å². The summed E-state index contributed by atoms with van der Waals surface area (Å²) in [6.45, 7) is 0.966. The summed E-state index contributed by atoms with van der Waals surface area (Å²) < 4.78 is 48.7. The summed E-state index contributed by atoms with van der Waals surface area (Å²) in [5, 5.41) is 5.79. The van der Waals surface area contributed by atoms with Crippen LogP contribution in [0.25, 0.3) is 0 Å². The van der Waals surface area contributed by atoms with Crippen molar-refractivity contribution in [2.75, 3.05) is 19.8 Å². The van der Waals surface area contributed by atoms with Gasteiger partial charge in [-0.2, -0.15) is 0 Å². The summed E-state index contributed by atoms with van der Waals surface area (Å²) in [6, 6.07) is 7.70. The van der Waals surface area contributed by atoms with Gasteiger partial charge in [-0.05, 0) is 56.9 Å². The van der Waals surface area contributed by atoms with Crippen LogP contribution in [0.15, 0.2) is 36.4 Å². The van der Waals surface area contributed by atoms with Crippen molar-refractivity contribution in [2.45, 2.75) is 56.2 Å². The van der Waals surface area contributed by atoms with Gasteiger partial charge in [-0.1, -0.05) is 23.2 Å². The molecule has 0 radical (unpaired) electrons. The van der Waals surface area contributed by atoms with E-state index in [4.69, 9.17) is 42.1 Å². The van der Waals surface area contributed by atoms with Crippen molar-refractivity contribution in [3.05, 3.63) is 58.1 Å². The van der Waals surface area contributed by atoms with Gasteiger partial charge >= 0.3 is 6.16 Å². The maximum Gasteiger partial charge on any atom is 0.508 e. The average Bonchev–Trinajstić information content (AvgIpc) is 2.91. The van der Waals surface area contributed by atoms with Gasteiger partial charge in [0.05, 0.1) is 22.2 Å². The zero-order chi connectivity index (χ0) is 28.9. The average molecular weight is 601 g/mol. The van der Waals surface area contributed by atoms with Crippen molar-refractivity contribution in [1.82, 2.24) is 10.6 Å². The third-order valence-electron chi connectivity index (χ3n) is 7.11. The number of fused-ring (bicyclic) bond motifs is 3. The molecule has 40 heavy (non-hydrogen) atoms. The standard InChI is InChI=1S/C27H28Cl2F2N2O7/c1-2-37-25(36)40-22-13-26(32-23(34)14-38-16-3-5-18(28)20(30)11-16)7-9-27(22,10-8-26)33-24(35)15-39-17-4-6-19(29)21(31)12-17/h3-6,11-12,22H,2,7-10,13-15H2,1H3,(H,32,34)(H,33,35). The number of hydrogen-bond acceptors (Lipinski definition) is 7. The molecule has 3 fully saturated rings. The van der Waals surface area contributed by atoms with E-state index in [0.717, 1.165) is 12.1 Å². The Morgan fingerprint density at radius 1 is 0.875 bits per heavy atom. The van der Waals surface area contributed by atoms with Crippen molar-refractivity contribution in [3.8, 4) is 11.5 Å². The highest BCUT2D eigenvalue weighted by molar-refractivity contribution is 6.31. The molecule has 3 aliphatic rings. The Hall–Kier alpha value is -3.31. The van der Waals surface area contributed by atoms with Gasteiger partial charge in [0.15, 0.2) is 13.2 Å². The van der Waals surface area contributed by atoms with Crippen LogP contribution in [0.1, 0.15) is 39.0 Å². The lowest BCUT2D eigenvalue weighted by molar-refractivity contribution is -0.139. The lowest BCUT2D eigenvalue weighted by atomic mass is 9.59. The van der Waals surface area contributed by atoms with E-state index in [0.29, 0.717) is 25.7 Å². The van der Waals surface area contributed by atoms with Crippen LogP contribution in [-0.2, 0) is 19.1 Å². The van der Waals surface area contributed by atoms with Gasteiger partial charge in [0.1, 0.15) is 29.2 Å². The molecule has 2 aromatic rings. The van der Waals surface area contributed by atoms with Crippen molar-refractivity contribution in [2.24, 2.45) is 0 Å². The molecular formula is C27H28Cl2F2N2O7. The number of benzene rings is 2. The summed E-state index contributed by atoms with van der Waals surface area (Å²) in [6.07, 6.45) is 0.273. The molecule has 5 rings (SSSR count). The molecule has 216 valence electrons. The van der Waals surface area contributed by atoms with Crippen molar-refractivity contribution < 1.29 is 42.1 Å². The van der Waals surface area contributed by atoms with E-state index in [-0.39, 0.29) is 41.2 Å². The summed E-state index contributed by atoms with van der Waals surface area (Å²) in [4.78, 5) is 37.9. The van der Waals surface area contributed by atoms with E-state index in [1.807, 2.05) is 0 Å².